The summed E-state index contributed by atoms with van der Waals surface area (Å²) in [5, 5.41) is 0. The van der Waals surface area contributed by atoms with Gasteiger partial charge in [0.2, 0.25) is 0 Å². The van der Waals surface area contributed by atoms with Crippen LogP contribution < -0.4 is 10.6 Å². The molecule has 0 radical (unpaired) electrons. The van der Waals surface area contributed by atoms with Crippen molar-refractivity contribution < 1.29 is 9.53 Å². The molecule has 0 aliphatic rings. The fourth-order valence-corrected chi connectivity index (χ4v) is 2.47. The van der Waals surface area contributed by atoms with Crippen LogP contribution in [-0.4, -0.2) is 32.1 Å². The lowest BCUT2D eigenvalue weighted by atomic mass is 10.1. The first-order chi connectivity index (χ1) is 9.54. The Morgan fingerprint density at radius 1 is 1.35 bits per heavy atom. The van der Waals surface area contributed by atoms with E-state index in [9.17, 15) is 4.79 Å². The van der Waals surface area contributed by atoms with Gasteiger partial charge in [0.05, 0.1) is 6.61 Å². The smallest absolute Gasteiger partial charge is 0.161 e. The van der Waals surface area contributed by atoms with Gasteiger partial charge in [0.1, 0.15) is 0 Å². The highest BCUT2D eigenvalue weighted by Crippen LogP contribution is 2.25. The maximum absolute atomic E-state index is 11.6. The van der Waals surface area contributed by atoms with Crippen LogP contribution in [0.4, 0.5) is 11.4 Å². The molecule has 1 rings (SSSR count). The van der Waals surface area contributed by atoms with Crippen LogP contribution in [0.3, 0.4) is 0 Å². The van der Waals surface area contributed by atoms with Crippen molar-refractivity contribution in [2.24, 2.45) is 0 Å². The molecule has 1 aromatic rings. The minimum absolute atomic E-state index is 0.000545. The summed E-state index contributed by atoms with van der Waals surface area (Å²) in [6.07, 6.45) is 2.11. The Labute approximate surface area is 121 Å². The van der Waals surface area contributed by atoms with Crippen LogP contribution in [0.25, 0.3) is 0 Å². The summed E-state index contributed by atoms with van der Waals surface area (Å²) in [5.41, 5.74) is 8.04. The summed E-state index contributed by atoms with van der Waals surface area (Å²) in [6, 6.07) is 6.13. The molecule has 0 atom stereocenters. The highest BCUT2D eigenvalue weighted by Gasteiger charge is 2.17. The lowest BCUT2D eigenvalue weighted by Crippen LogP contribution is -2.37. The fourth-order valence-electron chi connectivity index (χ4n) is 2.47. The maximum atomic E-state index is 11.6. The number of ketones is 1. The number of anilines is 2. The number of carbonyl (C=O) groups excluding carboxylic acids is 1. The molecule has 4 heteroatoms. The number of Topliss-reactive ketones (excluding diaryl/α,β-unsaturated/α-hetero) is 1. The first kappa shape index (κ1) is 16.5. The van der Waals surface area contributed by atoms with E-state index in [1.165, 1.54) is 0 Å². The number of hydrogen-bond donors (Lipinski definition) is 1. The number of carbonyl (C=O) groups is 1. The largest absolute Gasteiger partial charge is 0.398 e. The molecule has 4 nitrogen and oxygen atoms in total. The molecule has 1 aromatic carbocycles. The SMILES string of the molecule is CCC(CC)N(CCOC)c1ccc(N)c(C(C)=O)c1. The van der Waals surface area contributed by atoms with Crippen LogP contribution in [-0.2, 0) is 4.74 Å². The van der Waals surface area contributed by atoms with Gasteiger partial charge in [0.25, 0.3) is 0 Å². The molecule has 2 N–H and O–H groups in total. The Morgan fingerprint density at radius 3 is 2.50 bits per heavy atom. The zero-order valence-corrected chi connectivity index (χ0v) is 13.0. The molecule has 0 saturated carbocycles. The average Bonchev–Trinajstić information content (AvgIpc) is 2.44. The molecule has 20 heavy (non-hydrogen) atoms. The van der Waals surface area contributed by atoms with Crippen LogP contribution in [0, 0.1) is 0 Å². The zero-order chi connectivity index (χ0) is 15.1. The molecule has 0 fully saturated rings. The number of ether oxygens (including phenoxy) is 1. The molecule has 112 valence electrons. The molecular weight excluding hydrogens is 252 g/mol. The standard InChI is InChI=1S/C16H26N2O2/c1-5-13(6-2)18(9-10-20-4)14-7-8-16(17)15(11-14)12(3)19/h7-8,11,13H,5-6,9-10,17H2,1-4H3. The third kappa shape index (κ3) is 3.97. The highest BCUT2D eigenvalue weighted by atomic mass is 16.5. The van der Waals surface area contributed by atoms with E-state index in [4.69, 9.17) is 10.5 Å². The van der Waals surface area contributed by atoms with Crippen molar-refractivity contribution in [2.45, 2.75) is 39.7 Å². The minimum atomic E-state index is 0.000545. The van der Waals surface area contributed by atoms with Gasteiger partial charge in [-0.1, -0.05) is 13.8 Å². The first-order valence-corrected chi connectivity index (χ1v) is 7.21. The van der Waals surface area contributed by atoms with Crippen LogP contribution >= 0.6 is 0 Å². The van der Waals surface area contributed by atoms with Crippen molar-refractivity contribution in [2.75, 3.05) is 30.9 Å². The van der Waals surface area contributed by atoms with Gasteiger partial charge in [0, 0.05) is 36.6 Å². The number of benzene rings is 1. The maximum Gasteiger partial charge on any atom is 0.161 e. The molecule has 0 aromatic heterocycles. The fraction of sp³-hybridized carbons (Fsp3) is 0.562. The van der Waals surface area contributed by atoms with Crippen molar-refractivity contribution in [3.8, 4) is 0 Å². The van der Waals surface area contributed by atoms with Gasteiger partial charge in [-0.05, 0) is 38.0 Å². The lowest BCUT2D eigenvalue weighted by Gasteiger charge is -2.33. The third-order valence-corrected chi connectivity index (χ3v) is 3.67. The summed E-state index contributed by atoms with van der Waals surface area (Å²) in [5.74, 6) is 0.000545. The summed E-state index contributed by atoms with van der Waals surface area (Å²) in [6.45, 7) is 7.38. The van der Waals surface area contributed by atoms with E-state index in [-0.39, 0.29) is 5.78 Å². The van der Waals surface area contributed by atoms with Crippen molar-refractivity contribution in [1.29, 1.82) is 0 Å². The Kier molecular flexibility index (Phi) is 6.52. The van der Waals surface area contributed by atoms with E-state index in [0.717, 1.165) is 25.1 Å². The van der Waals surface area contributed by atoms with E-state index in [1.807, 2.05) is 18.2 Å². The average molecular weight is 278 g/mol. The Morgan fingerprint density at radius 2 is 2.00 bits per heavy atom. The van der Waals surface area contributed by atoms with Gasteiger partial charge in [-0.3, -0.25) is 4.79 Å². The predicted octanol–water partition coefficient (Wildman–Crippen LogP) is 3.11. The third-order valence-electron chi connectivity index (χ3n) is 3.67. The number of hydrogen-bond acceptors (Lipinski definition) is 4. The number of nitrogens with zero attached hydrogens (tertiary/aromatic N) is 1. The molecular formula is C16H26N2O2. The Hall–Kier alpha value is -1.55. The molecule has 0 aliphatic heterocycles. The molecule has 0 heterocycles. The summed E-state index contributed by atoms with van der Waals surface area (Å²) in [4.78, 5) is 13.9. The number of methoxy groups -OCH3 is 1. The zero-order valence-electron chi connectivity index (χ0n) is 13.0. The quantitative estimate of drug-likeness (QED) is 0.586. The van der Waals surface area contributed by atoms with Crippen molar-refractivity contribution in [3.63, 3.8) is 0 Å². The van der Waals surface area contributed by atoms with Crippen LogP contribution in [0.1, 0.15) is 44.0 Å². The first-order valence-electron chi connectivity index (χ1n) is 7.21. The van der Waals surface area contributed by atoms with E-state index in [1.54, 1.807) is 14.0 Å². The monoisotopic (exact) mass is 278 g/mol. The van der Waals surface area contributed by atoms with Crippen molar-refractivity contribution >= 4 is 17.2 Å². The summed E-state index contributed by atoms with van der Waals surface area (Å²) in [7, 11) is 1.70. The Bertz CT molecular complexity index is 442. The van der Waals surface area contributed by atoms with Crippen molar-refractivity contribution in [1.82, 2.24) is 0 Å². The molecule has 0 bridgehead atoms. The normalized spacial score (nSPS) is 10.8. The van der Waals surface area contributed by atoms with Gasteiger partial charge >= 0.3 is 0 Å². The number of nitrogens with two attached hydrogens (primary N) is 1. The molecule has 0 aliphatic carbocycles. The molecule has 0 amide bonds. The van der Waals surface area contributed by atoms with Gasteiger partial charge in [-0.2, -0.15) is 0 Å². The van der Waals surface area contributed by atoms with Gasteiger partial charge in [0.15, 0.2) is 5.78 Å². The topological polar surface area (TPSA) is 55.6 Å². The van der Waals surface area contributed by atoms with E-state index < -0.39 is 0 Å². The summed E-state index contributed by atoms with van der Waals surface area (Å²) >= 11 is 0. The number of rotatable bonds is 8. The number of nitrogen functional groups attached to an aromatic ring is 1. The Balaban J connectivity index is 3.12. The predicted molar refractivity (Wildman–Crippen MR) is 84.5 cm³/mol. The van der Waals surface area contributed by atoms with E-state index in [2.05, 4.69) is 18.7 Å². The summed E-state index contributed by atoms with van der Waals surface area (Å²) < 4.78 is 5.20. The minimum Gasteiger partial charge on any atom is -0.398 e. The van der Waals surface area contributed by atoms with E-state index in [0.29, 0.717) is 23.9 Å². The molecule has 0 saturated heterocycles. The van der Waals surface area contributed by atoms with Crippen LogP contribution in [0.15, 0.2) is 18.2 Å². The van der Waals surface area contributed by atoms with Crippen molar-refractivity contribution in [3.05, 3.63) is 23.8 Å². The van der Waals surface area contributed by atoms with Gasteiger partial charge < -0.3 is 15.4 Å². The second-order valence-corrected chi connectivity index (χ2v) is 4.98. The van der Waals surface area contributed by atoms with Gasteiger partial charge in [-0.15, -0.1) is 0 Å². The second-order valence-electron chi connectivity index (χ2n) is 4.98. The highest BCUT2D eigenvalue weighted by molar-refractivity contribution is 6.00. The van der Waals surface area contributed by atoms with Gasteiger partial charge in [-0.25, -0.2) is 0 Å². The second kappa shape index (κ2) is 7.90. The van der Waals surface area contributed by atoms with Crippen LogP contribution in [0.2, 0.25) is 0 Å². The molecule has 0 spiro atoms. The van der Waals surface area contributed by atoms with E-state index >= 15 is 0 Å². The molecule has 0 unspecified atom stereocenters. The lowest BCUT2D eigenvalue weighted by molar-refractivity contribution is 0.101. The van der Waals surface area contributed by atoms with Crippen LogP contribution in [0.5, 0.6) is 0 Å².